The second kappa shape index (κ2) is 11.3. The van der Waals surface area contributed by atoms with Gasteiger partial charge in [0.1, 0.15) is 18.2 Å². The molecular formula is C28H30N4O6. The quantitative estimate of drug-likeness (QED) is 0.388. The van der Waals surface area contributed by atoms with Crippen LogP contribution in [0.25, 0.3) is 11.1 Å². The Kier molecular flexibility index (Phi) is 7.90. The number of hydrogen-bond donors (Lipinski definition) is 3. The van der Waals surface area contributed by atoms with Crippen LogP contribution in [0.4, 0.5) is 15.5 Å². The highest BCUT2D eigenvalue weighted by atomic mass is 16.6. The molecule has 0 unspecified atom stereocenters. The summed E-state index contributed by atoms with van der Waals surface area (Å²) in [5, 5.41) is 14.5. The summed E-state index contributed by atoms with van der Waals surface area (Å²) < 4.78 is 10.6. The Morgan fingerprint density at radius 2 is 1.53 bits per heavy atom. The highest BCUT2D eigenvalue weighted by Crippen LogP contribution is 2.44. The smallest absolute Gasteiger partial charge is 0.414 e. The zero-order valence-electron chi connectivity index (χ0n) is 21.4. The molecule has 38 heavy (non-hydrogen) atoms. The molecule has 10 heteroatoms. The number of anilines is 1. The first-order valence-electron chi connectivity index (χ1n) is 12.3. The Balaban J connectivity index is 1.30. The van der Waals surface area contributed by atoms with Crippen LogP contribution in [-0.4, -0.2) is 51.5 Å². The van der Waals surface area contributed by atoms with Crippen LogP contribution in [0.2, 0.25) is 0 Å². The summed E-state index contributed by atoms with van der Waals surface area (Å²) in [5.74, 6) is -1.24. The molecule has 1 aliphatic rings. The van der Waals surface area contributed by atoms with Gasteiger partial charge in [-0.3, -0.25) is 5.32 Å². The molecule has 0 saturated heterocycles. The molecule has 2 amide bonds. The third-order valence-electron chi connectivity index (χ3n) is 5.97. The molecule has 0 bridgehead atoms. The fourth-order valence-corrected chi connectivity index (χ4v) is 4.29. The first-order valence-corrected chi connectivity index (χ1v) is 12.3. The molecule has 0 spiro atoms. The molecule has 1 heterocycles. The van der Waals surface area contributed by atoms with Gasteiger partial charge in [0.05, 0.1) is 0 Å². The number of benzene rings is 2. The van der Waals surface area contributed by atoms with Gasteiger partial charge in [-0.15, -0.1) is 0 Å². The number of aliphatic carboxylic acids is 1. The first kappa shape index (κ1) is 26.6. The summed E-state index contributed by atoms with van der Waals surface area (Å²) in [5.41, 5.74) is 4.34. The lowest BCUT2D eigenvalue weighted by molar-refractivity contribution is -0.139. The molecular weight excluding hydrogens is 488 g/mol. The maximum Gasteiger partial charge on any atom is 0.414 e. The number of fused-ring (bicyclic) bond motifs is 3. The van der Waals surface area contributed by atoms with E-state index in [9.17, 15) is 19.5 Å². The van der Waals surface area contributed by atoms with Crippen molar-refractivity contribution in [3.05, 3.63) is 77.6 Å². The van der Waals surface area contributed by atoms with Crippen molar-refractivity contribution in [3.63, 3.8) is 0 Å². The van der Waals surface area contributed by atoms with Crippen molar-refractivity contribution in [2.75, 3.05) is 11.9 Å². The Labute approximate surface area is 220 Å². The largest absolute Gasteiger partial charge is 0.480 e. The number of carbonyl (C=O) groups excluding carboxylic acids is 2. The van der Waals surface area contributed by atoms with E-state index >= 15 is 0 Å². The van der Waals surface area contributed by atoms with Crippen LogP contribution < -0.4 is 10.6 Å². The number of nitrogens with zero attached hydrogens (tertiary/aromatic N) is 2. The van der Waals surface area contributed by atoms with Crippen molar-refractivity contribution >= 4 is 24.1 Å². The minimum atomic E-state index is -1.18. The van der Waals surface area contributed by atoms with Gasteiger partial charge in [-0.05, 0) is 61.4 Å². The van der Waals surface area contributed by atoms with Crippen molar-refractivity contribution in [2.24, 2.45) is 0 Å². The van der Waals surface area contributed by atoms with Gasteiger partial charge in [-0.2, -0.15) is 0 Å². The van der Waals surface area contributed by atoms with E-state index in [1.165, 1.54) is 12.4 Å². The Morgan fingerprint density at radius 1 is 0.947 bits per heavy atom. The van der Waals surface area contributed by atoms with E-state index in [-0.39, 0.29) is 31.3 Å². The lowest BCUT2D eigenvalue weighted by atomic mass is 9.98. The molecule has 1 aliphatic carbocycles. The fourth-order valence-electron chi connectivity index (χ4n) is 4.29. The van der Waals surface area contributed by atoms with Crippen molar-refractivity contribution in [3.8, 4) is 11.1 Å². The number of alkyl carbamates (subject to hydrolysis) is 1. The Morgan fingerprint density at radius 3 is 2.08 bits per heavy atom. The van der Waals surface area contributed by atoms with Gasteiger partial charge in [-0.25, -0.2) is 24.4 Å². The number of carbonyl (C=O) groups is 3. The summed E-state index contributed by atoms with van der Waals surface area (Å²) in [6.45, 7) is 5.32. The van der Waals surface area contributed by atoms with Gasteiger partial charge in [0.15, 0.2) is 0 Å². The number of carboxylic acids is 1. The van der Waals surface area contributed by atoms with E-state index in [1.807, 2.05) is 48.5 Å². The van der Waals surface area contributed by atoms with Gasteiger partial charge < -0.3 is 19.9 Å². The number of nitrogens with one attached hydrogen (secondary N) is 2. The monoisotopic (exact) mass is 518 g/mol. The zero-order valence-corrected chi connectivity index (χ0v) is 21.4. The number of aryl methyl sites for hydroxylation is 1. The second-order valence-corrected chi connectivity index (χ2v) is 9.94. The second-order valence-electron chi connectivity index (χ2n) is 9.94. The molecule has 10 nitrogen and oxygen atoms in total. The summed E-state index contributed by atoms with van der Waals surface area (Å²) in [7, 11) is 0. The molecule has 0 radical (unpaired) electrons. The minimum absolute atomic E-state index is 0.0644. The lowest BCUT2D eigenvalue weighted by Crippen LogP contribution is -2.41. The van der Waals surface area contributed by atoms with Crippen LogP contribution in [0.5, 0.6) is 0 Å². The van der Waals surface area contributed by atoms with Gasteiger partial charge in [0.2, 0.25) is 5.95 Å². The number of ether oxygens (including phenoxy) is 2. The van der Waals surface area contributed by atoms with Crippen LogP contribution in [0, 0.1) is 0 Å². The fraction of sp³-hybridized carbons (Fsp3) is 0.321. The van der Waals surface area contributed by atoms with Crippen LogP contribution in [0.1, 0.15) is 49.8 Å². The highest BCUT2D eigenvalue weighted by Gasteiger charge is 2.29. The average molecular weight is 519 g/mol. The summed E-state index contributed by atoms with van der Waals surface area (Å²) in [6.07, 6.45) is 1.86. The normalized spacial score (nSPS) is 13.1. The van der Waals surface area contributed by atoms with Gasteiger partial charge in [-0.1, -0.05) is 48.5 Å². The molecule has 2 aromatic carbocycles. The Bertz CT molecular complexity index is 1270. The molecule has 0 saturated carbocycles. The van der Waals surface area contributed by atoms with E-state index in [0.717, 1.165) is 22.3 Å². The van der Waals surface area contributed by atoms with Gasteiger partial charge in [0, 0.05) is 18.3 Å². The molecule has 1 atom stereocenters. The van der Waals surface area contributed by atoms with Crippen molar-refractivity contribution in [1.29, 1.82) is 0 Å². The molecule has 1 aromatic heterocycles. The topological polar surface area (TPSA) is 140 Å². The van der Waals surface area contributed by atoms with Crippen molar-refractivity contribution < 1.29 is 29.0 Å². The van der Waals surface area contributed by atoms with E-state index in [1.54, 1.807) is 20.8 Å². The molecule has 0 aliphatic heterocycles. The number of amides is 2. The standard InChI is InChI=1S/C28H30N4O6/c1-28(2,3)38-27(36)32-25-29-14-17(15-30-25)12-13-23(24(33)34)31-26(35)37-16-22-20-10-6-4-8-18(20)19-9-5-7-11-21(19)22/h4-11,14-15,22-23H,12-13,16H2,1-3H3,(H,31,35)(H,33,34)(H,29,30,32,36)/t23-/m0/s1. The van der Waals surface area contributed by atoms with E-state index in [4.69, 9.17) is 9.47 Å². The average Bonchev–Trinajstić information content (AvgIpc) is 3.18. The minimum Gasteiger partial charge on any atom is -0.480 e. The van der Waals surface area contributed by atoms with E-state index < -0.39 is 29.8 Å². The van der Waals surface area contributed by atoms with Gasteiger partial charge >= 0.3 is 18.2 Å². The number of carboxylic acid groups (broad SMARTS) is 1. The molecule has 198 valence electrons. The summed E-state index contributed by atoms with van der Waals surface area (Å²) in [6, 6.07) is 14.8. The maximum atomic E-state index is 12.5. The first-order chi connectivity index (χ1) is 18.1. The zero-order chi connectivity index (χ0) is 27.3. The number of hydrogen-bond acceptors (Lipinski definition) is 7. The van der Waals surface area contributed by atoms with Crippen LogP contribution >= 0.6 is 0 Å². The number of rotatable bonds is 8. The Hall–Kier alpha value is -4.47. The molecule has 4 rings (SSSR count). The maximum absolute atomic E-state index is 12.5. The highest BCUT2D eigenvalue weighted by molar-refractivity contribution is 5.82. The van der Waals surface area contributed by atoms with Crippen LogP contribution in [0.3, 0.4) is 0 Å². The predicted octanol–water partition coefficient (Wildman–Crippen LogP) is 4.75. The van der Waals surface area contributed by atoms with Crippen molar-refractivity contribution in [1.82, 2.24) is 15.3 Å². The van der Waals surface area contributed by atoms with Gasteiger partial charge in [0.25, 0.3) is 0 Å². The molecule has 0 fully saturated rings. The van der Waals surface area contributed by atoms with Crippen LogP contribution in [0.15, 0.2) is 60.9 Å². The summed E-state index contributed by atoms with van der Waals surface area (Å²) >= 11 is 0. The van der Waals surface area contributed by atoms with E-state index in [2.05, 4.69) is 20.6 Å². The molecule has 3 N–H and O–H groups in total. The van der Waals surface area contributed by atoms with Crippen molar-refractivity contribution in [2.45, 2.75) is 51.2 Å². The third kappa shape index (κ3) is 6.64. The SMILES string of the molecule is CC(C)(C)OC(=O)Nc1ncc(CC[C@H](NC(=O)OCC2c3ccccc3-c3ccccc32)C(=O)O)cn1. The molecule has 3 aromatic rings. The number of aromatic nitrogens is 2. The summed E-state index contributed by atoms with van der Waals surface area (Å²) in [4.78, 5) is 44.2. The predicted molar refractivity (Wildman–Crippen MR) is 140 cm³/mol. The third-order valence-corrected chi connectivity index (χ3v) is 5.97. The lowest BCUT2D eigenvalue weighted by Gasteiger charge is -2.19. The van der Waals surface area contributed by atoms with E-state index in [0.29, 0.717) is 5.56 Å². The van der Waals surface area contributed by atoms with Crippen LogP contribution in [-0.2, 0) is 20.7 Å².